The number of piperidine rings is 1. The first kappa shape index (κ1) is 22.6. The molecular weight excluding hydrogens is 419 g/mol. The largest absolute Gasteiger partial charge is 0.493 e. The number of aliphatic hydroxyl groups excluding tert-OH is 1. The Balaban J connectivity index is 1.35. The summed E-state index contributed by atoms with van der Waals surface area (Å²) in [4.78, 5) is 6.22. The van der Waals surface area contributed by atoms with Gasteiger partial charge in [0.2, 0.25) is 0 Å². The fourth-order valence-electron chi connectivity index (χ4n) is 4.52. The van der Waals surface area contributed by atoms with Crippen molar-refractivity contribution in [3.05, 3.63) is 60.0 Å². The summed E-state index contributed by atoms with van der Waals surface area (Å²) in [6, 6.07) is 8.14. The second-order valence-corrected chi connectivity index (χ2v) is 8.19. The predicted octanol–water partition coefficient (Wildman–Crippen LogP) is 5.04. The second-order valence-electron chi connectivity index (χ2n) is 8.19. The number of hydrogen-bond acceptors (Lipinski definition) is 4. The van der Waals surface area contributed by atoms with Crippen molar-refractivity contribution in [2.24, 2.45) is 0 Å². The molecule has 0 bridgehead atoms. The minimum absolute atomic E-state index is 0.135. The van der Waals surface area contributed by atoms with Gasteiger partial charge in [0.25, 0.3) is 0 Å². The van der Waals surface area contributed by atoms with E-state index in [4.69, 9.17) is 4.74 Å². The summed E-state index contributed by atoms with van der Waals surface area (Å²) in [5, 5.41) is 11.0. The molecule has 1 fully saturated rings. The van der Waals surface area contributed by atoms with Crippen molar-refractivity contribution in [3.8, 4) is 5.75 Å². The van der Waals surface area contributed by atoms with Crippen LogP contribution in [0.25, 0.3) is 10.9 Å². The number of nitrogens with zero attached hydrogens (tertiary/aromatic N) is 3. The molecule has 0 radical (unpaired) electrons. The van der Waals surface area contributed by atoms with E-state index in [0.29, 0.717) is 30.0 Å². The van der Waals surface area contributed by atoms with E-state index in [9.17, 15) is 18.3 Å². The first-order chi connectivity index (χ1) is 15.4. The Kier molecular flexibility index (Phi) is 6.71. The number of benzene rings is 1. The molecule has 0 spiro atoms. The Morgan fingerprint density at radius 2 is 1.97 bits per heavy atom. The lowest BCUT2D eigenvalue weighted by atomic mass is 9.90. The molecule has 0 aliphatic carbocycles. The SMILES string of the molecule is CCn1ccc2c(OCCC(O)N3CCC(c4cccnc4)CC3)ccc(C(F)(F)F)c21. The fraction of sp³-hybridized carbons (Fsp3) is 0.458. The number of likely N-dealkylation sites (tertiary alicyclic amines) is 1. The number of pyridine rings is 1. The Hall–Kier alpha value is -2.58. The zero-order valence-corrected chi connectivity index (χ0v) is 18.1. The van der Waals surface area contributed by atoms with Crippen LogP contribution in [0.2, 0.25) is 0 Å². The molecule has 1 aliphatic rings. The summed E-state index contributed by atoms with van der Waals surface area (Å²) < 4.78 is 47.7. The number of rotatable bonds is 7. The van der Waals surface area contributed by atoms with Crippen LogP contribution in [0.4, 0.5) is 13.2 Å². The molecule has 0 amide bonds. The molecule has 2 aromatic heterocycles. The van der Waals surface area contributed by atoms with Crippen LogP contribution in [0, 0.1) is 0 Å². The smallest absolute Gasteiger partial charge is 0.418 e. The molecule has 5 nitrogen and oxygen atoms in total. The van der Waals surface area contributed by atoms with E-state index < -0.39 is 18.0 Å². The molecule has 1 atom stereocenters. The van der Waals surface area contributed by atoms with E-state index in [1.165, 1.54) is 11.6 Å². The van der Waals surface area contributed by atoms with Gasteiger partial charge in [-0.2, -0.15) is 13.2 Å². The van der Waals surface area contributed by atoms with Crippen LogP contribution in [-0.4, -0.2) is 45.5 Å². The van der Waals surface area contributed by atoms with E-state index in [1.807, 2.05) is 17.2 Å². The average Bonchev–Trinajstić information content (AvgIpc) is 3.23. The normalized spacial score (nSPS) is 17.0. The maximum Gasteiger partial charge on any atom is 0.418 e. The Morgan fingerprint density at radius 3 is 2.62 bits per heavy atom. The number of ether oxygens (including phenoxy) is 1. The van der Waals surface area contributed by atoms with Crippen LogP contribution in [-0.2, 0) is 12.7 Å². The van der Waals surface area contributed by atoms with Crippen molar-refractivity contribution >= 4 is 10.9 Å². The molecule has 172 valence electrons. The number of aromatic nitrogens is 2. The minimum atomic E-state index is -4.43. The number of alkyl halides is 3. The number of aliphatic hydroxyl groups is 1. The Morgan fingerprint density at radius 1 is 1.19 bits per heavy atom. The fourth-order valence-corrected chi connectivity index (χ4v) is 4.52. The van der Waals surface area contributed by atoms with Crippen LogP contribution >= 0.6 is 0 Å². The number of fused-ring (bicyclic) bond motifs is 1. The van der Waals surface area contributed by atoms with Crippen molar-refractivity contribution in [1.82, 2.24) is 14.5 Å². The van der Waals surface area contributed by atoms with Gasteiger partial charge in [-0.3, -0.25) is 9.88 Å². The molecule has 1 saturated heterocycles. The summed E-state index contributed by atoms with van der Waals surface area (Å²) >= 11 is 0. The standard InChI is InChI=1S/C24H28F3N3O2/c1-2-29-14-9-19-21(6-5-20(23(19)29)24(25,26)27)32-15-10-22(31)30-12-7-17(8-13-30)18-4-3-11-28-16-18/h3-6,9,11,14,16-17,22,31H,2,7-8,10,12-13,15H2,1H3. The monoisotopic (exact) mass is 447 g/mol. The van der Waals surface area contributed by atoms with Gasteiger partial charge in [-0.05, 0) is 55.5 Å². The summed E-state index contributed by atoms with van der Waals surface area (Å²) in [6.45, 7) is 4.03. The maximum absolute atomic E-state index is 13.4. The van der Waals surface area contributed by atoms with Crippen LogP contribution < -0.4 is 4.74 Å². The van der Waals surface area contributed by atoms with E-state index in [-0.39, 0.29) is 12.1 Å². The number of aryl methyl sites for hydroxylation is 1. The van der Waals surface area contributed by atoms with Gasteiger partial charge in [-0.1, -0.05) is 6.07 Å². The summed E-state index contributed by atoms with van der Waals surface area (Å²) in [5.41, 5.74) is 0.703. The topological polar surface area (TPSA) is 50.5 Å². The highest BCUT2D eigenvalue weighted by atomic mass is 19.4. The molecule has 3 heterocycles. The summed E-state index contributed by atoms with van der Waals surface area (Å²) in [5.74, 6) is 0.856. The third-order valence-electron chi connectivity index (χ3n) is 6.27. The number of halogens is 3. The highest BCUT2D eigenvalue weighted by molar-refractivity contribution is 5.89. The van der Waals surface area contributed by atoms with Crippen molar-refractivity contribution < 1.29 is 23.0 Å². The van der Waals surface area contributed by atoms with E-state index in [2.05, 4.69) is 11.1 Å². The van der Waals surface area contributed by atoms with Crippen LogP contribution in [0.5, 0.6) is 5.75 Å². The molecule has 1 N–H and O–H groups in total. The average molecular weight is 448 g/mol. The first-order valence-electron chi connectivity index (χ1n) is 11.0. The van der Waals surface area contributed by atoms with Gasteiger partial charge in [0.05, 0.1) is 17.7 Å². The molecule has 32 heavy (non-hydrogen) atoms. The lowest BCUT2D eigenvalue weighted by molar-refractivity contribution is -0.136. The van der Waals surface area contributed by atoms with Gasteiger partial charge in [0.15, 0.2) is 0 Å². The molecule has 8 heteroatoms. The summed E-state index contributed by atoms with van der Waals surface area (Å²) in [6.07, 6.45) is 2.53. The Bertz CT molecular complexity index is 1030. The van der Waals surface area contributed by atoms with Crippen molar-refractivity contribution in [3.63, 3.8) is 0 Å². The zero-order valence-electron chi connectivity index (χ0n) is 18.1. The van der Waals surface area contributed by atoms with Gasteiger partial charge in [-0.15, -0.1) is 0 Å². The lowest BCUT2D eigenvalue weighted by Crippen LogP contribution is -2.41. The van der Waals surface area contributed by atoms with Gasteiger partial charge in [0, 0.05) is 50.0 Å². The predicted molar refractivity (Wildman–Crippen MR) is 117 cm³/mol. The molecule has 1 unspecified atom stereocenters. The van der Waals surface area contributed by atoms with E-state index in [0.717, 1.165) is 32.0 Å². The molecule has 1 aromatic carbocycles. The second kappa shape index (κ2) is 9.50. The quantitative estimate of drug-likeness (QED) is 0.551. The third kappa shape index (κ3) is 4.76. The molecule has 1 aliphatic heterocycles. The van der Waals surface area contributed by atoms with Crippen LogP contribution in [0.3, 0.4) is 0 Å². The maximum atomic E-state index is 13.4. The molecule has 0 saturated carbocycles. The van der Waals surface area contributed by atoms with Crippen molar-refractivity contribution in [2.45, 2.75) is 51.1 Å². The summed E-state index contributed by atoms with van der Waals surface area (Å²) in [7, 11) is 0. The lowest BCUT2D eigenvalue weighted by Gasteiger charge is -2.35. The molecular formula is C24H28F3N3O2. The minimum Gasteiger partial charge on any atom is -0.493 e. The van der Waals surface area contributed by atoms with Crippen LogP contribution in [0.15, 0.2) is 48.9 Å². The zero-order chi connectivity index (χ0) is 22.7. The highest BCUT2D eigenvalue weighted by Crippen LogP contribution is 2.39. The Labute approximate surface area is 185 Å². The number of hydrogen-bond donors (Lipinski definition) is 1. The van der Waals surface area contributed by atoms with E-state index in [1.54, 1.807) is 30.0 Å². The van der Waals surface area contributed by atoms with Gasteiger partial charge in [0.1, 0.15) is 12.0 Å². The van der Waals surface area contributed by atoms with E-state index >= 15 is 0 Å². The van der Waals surface area contributed by atoms with Crippen molar-refractivity contribution in [2.75, 3.05) is 19.7 Å². The molecule has 4 rings (SSSR count). The van der Waals surface area contributed by atoms with Gasteiger partial charge < -0.3 is 14.4 Å². The third-order valence-corrected chi connectivity index (χ3v) is 6.27. The van der Waals surface area contributed by atoms with Gasteiger partial charge >= 0.3 is 6.18 Å². The highest BCUT2D eigenvalue weighted by Gasteiger charge is 2.34. The molecule has 3 aromatic rings. The van der Waals surface area contributed by atoms with Crippen LogP contribution in [0.1, 0.15) is 43.2 Å². The van der Waals surface area contributed by atoms with Crippen molar-refractivity contribution in [1.29, 1.82) is 0 Å². The first-order valence-corrected chi connectivity index (χ1v) is 11.0. The van der Waals surface area contributed by atoms with Gasteiger partial charge in [-0.25, -0.2) is 0 Å².